The molecule has 0 fully saturated rings. The normalized spacial score (nSPS) is 13.0. The van der Waals surface area contributed by atoms with Gasteiger partial charge in [0.05, 0.1) is 25.7 Å². The standard InChI is InChI=1S/C9H11NO3.C6H14N2O2.2C5H9NO4.C4H7NO4.C4H9NO3.C3H7NO3.2C3H7NO2.C2H5NO2/c10-8(9(12)13)5-6-1-3-7(11)4-2-6;7-4-2-1-3-5(8)6(9)10;2*6-3(5(9)10)1-2-4(7)8;5-2(4(8)9)1-3(6)7;1-2(6)3(5)4(7)8;4-2(1-5)3(6)7;2*1-2(4)3(5)6;3-1-2(4)5/h1-4,8,11H,5,10H2,(H,12,13);5H,1-4,7-8H2,(H,9,10);2*3H,1-2,6H2,(H,7,8)(H,9,10);2H,1,5H2,(H,6,7)(H,8,9);2-3,6H,5H2,1H3,(H,7,8);2,5H,1,4H2,(H,6,7);2*2H,4H2,1H3,(H,5,6);1,3H2,(H,4,5)/t8-;5-;2*3-;2-;2-,3+;3*2-;/m000001000./s1. The number of aliphatic hydroxyl groups excluding tert-OH is 2. The van der Waals surface area contributed by atoms with Gasteiger partial charge in [-0.2, -0.15) is 0 Å². The van der Waals surface area contributed by atoms with E-state index in [1.807, 2.05) is 0 Å². The topological polar surface area (TPSA) is 832 Å². The van der Waals surface area contributed by atoms with Crippen LogP contribution in [0.15, 0.2) is 24.3 Å². The van der Waals surface area contributed by atoms with E-state index < -0.39 is 151 Å². The number of aromatic hydroxyl groups is 1. The van der Waals surface area contributed by atoms with Crippen LogP contribution >= 0.6 is 0 Å². The third kappa shape index (κ3) is 82.4. The fraction of sp³-hybridized carbons (Fsp3) is 0.568. The molecule has 0 saturated carbocycles. The zero-order valence-electron chi connectivity index (χ0n) is 45.9. The minimum absolute atomic E-state index is 0.0231. The fourth-order valence-corrected chi connectivity index (χ4v) is 2.97. The summed E-state index contributed by atoms with van der Waals surface area (Å²) in [6, 6.07) is -2.44. The first-order valence-corrected chi connectivity index (χ1v) is 23.4. The molecule has 490 valence electrons. The quantitative estimate of drug-likeness (QED) is 0.0383. The number of hydrogen-bond donors (Lipinski definition) is 27. The van der Waals surface area contributed by atoms with Crippen molar-refractivity contribution < 1.29 is 144 Å². The maximum absolute atomic E-state index is 10.4. The molecule has 0 aliphatic heterocycles. The van der Waals surface area contributed by atoms with Crippen molar-refractivity contribution in [1.29, 1.82) is 0 Å². The number of nitrogens with two attached hydrogens (primary N) is 11. The van der Waals surface area contributed by atoms with Crippen LogP contribution < -0.4 is 63.1 Å². The second-order valence-corrected chi connectivity index (χ2v) is 15.9. The van der Waals surface area contributed by atoms with Crippen molar-refractivity contribution >= 4 is 77.6 Å². The minimum atomic E-state index is -1.29. The number of carboxylic acids is 13. The first-order chi connectivity index (χ1) is 38.2. The summed E-state index contributed by atoms with van der Waals surface area (Å²) in [5, 5.41) is 130. The average molecular weight is 1230 g/mol. The Morgan fingerprint density at radius 1 is 0.405 bits per heavy atom. The number of aliphatic carboxylic acids is 13. The van der Waals surface area contributed by atoms with Crippen LogP contribution in [-0.2, 0) is 68.7 Å². The molecule has 1 rings (SSSR count). The third-order valence-electron chi connectivity index (χ3n) is 7.95. The van der Waals surface area contributed by atoms with E-state index in [9.17, 15) is 62.3 Å². The second-order valence-electron chi connectivity index (χ2n) is 15.9. The molecule has 0 amide bonds. The third-order valence-corrected chi connectivity index (χ3v) is 7.95. The summed E-state index contributed by atoms with van der Waals surface area (Å²) in [7, 11) is 0. The first kappa shape index (κ1) is 94.9. The van der Waals surface area contributed by atoms with Gasteiger partial charge in [-0.15, -0.1) is 0 Å². The van der Waals surface area contributed by atoms with E-state index in [0.29, 0.717) is 13.0 Å². The lowest BCUT2D eigenvalue weighted by molar-refractivity contribution is -0.144. The lowest BCUT2D eigenvalue weighted by Gasteiger charge is -2.06. The van der Waals surface area contributed by atoms with Crippen LogP contribution in [-0.4, -0.2) is 239 Å². The molecule has 40 heteroatoms. The molecule has 1 aromatic rings. The largest absolute Gasteiger partial charge is 0.508 e. The Morgan fingerprint density at radius 2 is 0.702 bits per heavy atom. The van der Waals surface area contributed by atoms with Gasteiger partial charge in [-0.3, -0.25) is 62.3 Å². The Kier molecular flexibility index (Phi) is 66.9. The molecule has 40 nitrogen and oxygen atoms in total. The van der Waals surface area contributed by atoms with E-state index >= 15 is 0 Å². The highest BCUT2D eigenvalue weighted by atomic mass is 16.4. The van der Waals surface area contributed by atoms with Crippen LogP contribution in [0.2, 0.25) is 0 Å². The van der Waals surface area contributed by atoms with E-state index in [2.05, 4.69) is 5.73 Å². The molecule has 0 saturated heterocycles. The molecular weight excluding hydrogens is 1150 g/mol. The van der Waals surface area contributed by atoms with Crippen LogP contribution in [0, 0.1) is 0 Å². The number of aliphatic hydroxyl groups is 2. The van der Waals surface area contributed by atoms with Crippen molar-refractivity contribution in [1.82, 2.24) is 0 Å². The molecule has 0 aromatic heterocycles. The summed E-state index contributed by atoms with van der Waals surface area (Å²) >= 11 is 0. The van der Waals surface area contributed by atoms with Crippen LogP contribution in [0.5, 0.6) is 5.75 Å². The van der Waals surface area contributed by atoms with Crippen molar-refractivity contribution in [3.05, 3.63) is 29.8 Å². The van der Waals surface area contributed by atoms with E-state index in [4.69, 9.17) is 139 Å². The van der Waals surface area contributed by atoms with Crippen molar-refractivity contribution in [2.24, 2.45) is 63.1 Å². The molecule has 0 radical (unpaired) electrons. The van der Waals surface area contributed by atoms with Crippen molar-refractivity contribution in [3.63, 3.8) is 0 Å². The van der Waals surface area contributed by atoms with Gasteiger partial charge in [0.2, 0.25) is 0 Å². The molecule has 0 spiro atoms. The number of phenolic OH excluding ortho intramolecular Hbond substituents is 1. The smallest absolute Gasteiger partial charge is 0.323 e. The Balaban J connectivity index is -0.000000108. The highest BCUT2D eigenvalue weighted by Gasteiger charge is 2.17. The van der Waals surface area contributed by atoms with Crippen molar-refractivity contribution in [2.45, 2.75) is 139 Å². The predicted octanol–water partition coefficient (Wildman–Crippen LogP) is -7.69. The molecule has 38 N–H and O–H groups in total. The van der Waals surface area contributed by atoms with Crippen LogP contribution in [0.4, 0.5) is 0 Å². The summed E-state index contributed by atoms with van der Waals surface area (Å²) < 4.78 is 0. The maximum Gasteiger partial charge on any atom is 0.323 e. The number of phenols is 1. The van der Waals surface area contributed by atoms with Gasteiger partial charge in [-0.05, 0) is 77.1 Å². The van der Waals surface area contributed by atoms with Gasteiger partial charge in [-0.1, -0.05) is 18.6 Å². The van der Waals surface area contributed by atoms with Gasteiger partial charge < -0.3 is 145 Å². The molecule has 0 aliphatic carbocycles. The van der Waals surface area contributed by atoms with Gasteiger partial charge in [-0.25, -0.2) is 0 Å². The zero-order chi connectivity index (χ0) is 68.7. The summed E-state index contributed by atoms with van der Waals surface area (Å²) in [5.74, 6) is -13.9. The maximum atomic E-state index is 10.4. The number of carbonyl (C=O) groups is 13. The van der Waals surface area contributed by atoms with E-state index in [-0.39, 0.29) is 44.4 Å². The monoisotopic (exact) mass is 1230 g/mol. The fourth-order valence-electron chi connectivity index (χ4n) is 2.97. The highest BCUT2D eigenvalue weighted by Crippen LogP contribution is 2.10. The molecule has 0 heterocycles. The molecule has 10 atom stereocenters. The first-order valence-electron chi connectivity index (χ1n) is 23.4. The van der Waals surface area contributed by atoms with E-state index in [1.54, 1.807) is 12.1 Å². The Labute approximate surface area is 478 Å². The lowest BCUT2D eigenvalue weighted by atomic mass is 10.1. The minimum Gasteiger partial charge on any atom is -0.508 e. The molecule has 84 heavy (non-hydrogen) atoms. The van der Waals surface area contributed by atoms with Crippen LogP contribution in [0.25, 0.3) is 0 Å². The molecule has 0 aliphatic rings. The van der Waals surface area contributed by atoms with Crippen LogP contribution in [0.1, 0.15) is 77.7 Å². The van der Waals surface area contributed by atoms with Gasteiger partial charge in [0.15, 0.2) is 0 Å². The molecule has 0 unspecified atom stereocenters. The van der Waals surface area contributed by atoms with Gasteiger partial charge in [0.25, 0.3) is 0 Å². The van der Waals surface area contributed by atoms with Crippen LogP contribution in [0.3, 0.4) is 0 Å². The Hall–Kier alpha value is -8.39. The lowest BCUT2D eigenvalue weighted by Crippen LogP contribution is -2.39. The van der Waals surface area contributed by atoms with E-state index in [0.717, 1.165) is 18.4 Å². The molecule has 1 aromatic carbocycles. The van der Waals surface area contributed by atoms with Gasteiger partial charge in [0.1, 0.15) is 60.1 Å². The Bertz CT molecular complexity index is 2000. The van der Waals surface area contributed by atoms with Crippen molar-refractivity contribution in [2.75, 3.05) is 19.7 Å². The summed E-state index contributed by atoms with van der Waals surface area (Å²) in [6.45, 7) is 3.99. The predicted molar refractivity (Wildman–Crippen MR) is 288 cm³/mol. The zero-order valence-corrected chi connectivity index (χ0v) is 45.9. The SMILES string of the molecule is C[C@@H](O)[C@H](N)C(=O)O.C[C@H](N)C(=O)O.C[C@H](N)C(=O)O.NCC(=O)O.NCCCC[C@H](N)C(=O)O.N[C@@H](CC(=O)O)C(=O)O.N[C@@H](CCC(=O)O)C(=O)O.N[C@@H](CCC(=O)O)C(=O)O.N[C@@H](CO)C(=O)O.N[C@@H](Cc1ccc(O)cc1)C(=O)O. The second kappa shape index (κ2) is 59.2. The van der Waals surface area contributed by atoms with E-state index in [1.165, 1.54) is 32.9 Å². The van der Waals surface area contributed by atoms with Crippen molar-refractivity contribution in [3.8, 4) is 5.75 Å². The summed E-state index contributed by atoms with van der Waals surface area (Å²) in [4.78, 5) is 128. The summed E-state index contributed by atoms with van der Waals surface area (Å²) in [6.07, 6.45) is 0.478. The number of carboxylic acid groups (broad SMARTS) is 13. The number of benzene rings is 1. The average Bonchev–Trinajstić information content (AvgIpc) is 3.38. The summed E-state index contributed by atoms with van der Waals surface area (Å²) in [5.41, 5.74) is 55.3. The Morgan fingerprint density at radius 3 is 0.869 bits per heavy atom. The van der Waals surface area contributed by atoms with Gasteiger partial charge >= 0.3 is 77.6 Å². The highest BCUT2D eigenvalue weighted by molar-refractivity contribution is 5.80. The number of unbranched alkanes of at least 4 members (excludes halogenated alkanes) is 1. The van der Waals surface area contributed by atoms with Gasteiger partial charge in [0, 0.05) is 12.8 Å². The number of hydrogen-bond acceptors (Lipinski definition) is 27. The molecular formula is C44H85N11O29. The molecule has 0 bridgehead atoms. The number of rotatable bonds is 26.